The molecule has 0 aromatic heterocycles. The van der Waals surface area contributed by atoms with Gasteiger partial charge in [-0.1, -0.05) is 20.3 Å². The fourth-order valence-electron chi connectivity index (χ4n) is 2.30. The number of hydrogen-bond acceptors (Lipinski definition) is 3. The van der Waals surface area contributed by atoms with E-state index in [1.165, 1.54) is 32.2 Å². The van der Waals surface area contributed by atoms with E-state index in [0.29, 0.717) is 6.04 Å². The van der Waals surface area contributed by atoms with Crippen molar-refractivity contribution >= 4 is 0 Å². The van der Waals surface area contributed by atoms with Crippen LogP contribution in [-0.4, -0.2) is 36.1 Å². The largest absolute Gasteiger partial charge is 0.304 e. The SMILES string of the molecule is CCCCN(CC)CCCC(C)(C#N)NC1CC1. The van der Waals surface area contributed by atoms with E-state index in [0.717, 1.165) is 25.9 Å². The Morgan fingerprint density at radius 3 is 2.44 bits per heavy atom. The van der Waals surface area contributed by atoms with Crippen LogP contribution in [0.2, 0.25) is 0 Å². The molecule has 1 aliphatic carbocycles. The molecule has 0 radical (unpaired) electrons. The molecule has 1 unspecified atom stereocenters. The van der Waals surface area contributed by atoms with Crippen LogP contribution in [0.4, 0.5) is 0 Å². The summed E-state index contributed by atoms with van der Waals surface area (Å²) in [7, 11) is 0. The highest BCUT2D eigenvalue weighted by atomic mass is 15.1. The van der Waals surface area contributed by atoms with Gasteiger partial charge in [-0.15, -0.1) is 0 Å². The molecule has 0 amide bonds. The highest BCUT2D eigenvalue weighted by molar-refractivity contribution is 5.07. The highest BCUT2D eigenvalue weighted by Crippen LogP contribution is 2.24. The van der Waals surface area contributed by atoms with E-state index in [9.17, 15) is 5.26 Å². The Balaban J connectivity index is 2.22. The van der Waals surface area contributed by atoms with Crippen molar-refractivity contribution < 1.29 is 0 Å². The first-order valence-electron chi connectivity index (χ1n) is 7.55. The van der Waals surface area contributed by atoms with Crippen molar-refractivity contribution in [3.05, 3.63) is 0 Å². The fourth-order valence-corrected chi connectivity index (χ4v) is 2.30. The smallest absolute Gasteiger partial charge is 0.104 e. The van der Waals surface area contributed by atoms with Gasteiger partial charge in [-0.2, -0.15) is 5.26 Å². The van der Waals surface area contributed by atoms with Crippen LogP contribution < -0.4 is 5.32 Å². The third kappa shape index (κ3) is 5.84. The number of nitriles is 1. The lowest BCUT2D eigenvalue weighted by Gasteiger charge is -2.25. The van der Waals surface area contributed by atoms with E-state index in [2.05, 4.69) is 30.1 Å². The molecule has 1 saturated carbocycles. The molecule has 0 aromatic rings. The molecule has 1 N–H and O–H groups in total. The van der Waals surface area contributed by atoms with Gasteiger partial charge in [0.1, 0.15) is 5.54 Å². The third-order valence-electron chi connectivity index (χ3n) is 3.77. The van der Waals surface area contributed by atoms with Crippen LogP contribution in [0.1, 0.15) is 59.3 Å². The first-order valence-corrected chi connectivity index (χ1v) is 7.55. The topological polar surface area (TPSA) is 39.1 Å². The predicted molar refractivity (Wildman–Crippen MR) is 76.4 cm³/mol. The van der Waals surface area contributed by atoms with Gasteiger partial charge in [0.15, 0.2) is 0 Å². The van der Waals surface area contributed by atoms with Crippen LogP contribution in [0.15, 0.2) is 0 Å². The van der Waals surface area contributed by atoms with Gasteiger partial charge in [0.25, 0.3) is 0 Å². The van der Waals surface area contributed by atoms with Crippen molar-refractivity contribution in [3.8, 4) is 6.07 Å². The van der Waals surface area contributed by atoms with Crippen molar-refractivity contribution in [3.63, 3.8) is 0 Å². The average Bonchev–Trinajstić information content (AvgIpc) is 3.17. The Bertz CT molecular complexity index is 267. The van der Waals surface area contributed by atoms with Crippen LogP contribution in [0, 0.1) is 11.3 Å². The summed E-state index contributed by atoms with van der Waals surface area (Å²) in [6, 6.07) is 3.06. The zero-order chi connectivity index (χ0) is 13.4. The van der Waals surface area contributed by atoms with Crippen LogP contribution in [0.25, 0.3) is 0 Å². The van der Waals surface area contributed by atoms with E-state index >= 15 is 0 Å². The second kappa shape index (κ2) is 7.76. The molecule has 0 spiro atoms. The molecule has 3 heteroatoms. The Morgan fingerprint density at radius 1 is 1.28 bits per heavy atom. The second-order valence-electron chi connectivity index (χ2n) is 5.75. The van der Waals surface area contributed by atoms with E-state index in [-0.39, 0.29) is 5.54 Å². The van der Waals surface area contributed by atoms with Gasteiger partial charge in [0.2, 0.25) is 0 Å². The molecule has 104 valence electrons. The predicted octanol–water partition coefficient (Wildman–Crippen LogP) is 2.92. The van der Waals surface area contributed by atoms with Crippen LogP contribution in [0.3, 0.4) is 0 Å². The molecular weight excluding hydrogens is 222 g/mol. The van der Waals surface area contributed by atoms with Crippen LogP contribution in [0.5, 0.6) is 0 Å². The summed E-state index contributed by atoms with van der Waals surface area (Å²) in [4.78, 5) is 2.50. The van der Waals surface area contributed by atoms with Gasteiger partial charge in [0.05, 0.1) is 6.07 Å². The first kappa shape index (κ1) is 15.5. The molecule has 0 bridgehead atoms. The number of nitrogens with one attached hydrogen (secondary N) is 1. The van der Waals surface area contributed by atoms with Gasteiger partial charge in [0, 0.05) is 6.04 Å². The van der Waals surface area contributed by atoms with E-state index < -0.39 is 0 Å². The maximum absolute atomic E-state index is 9.30. The standard InChI is InChI=1S/C15H29N3/c1-4-6-11-18(5-2)12-7-10-15(3,13-16)17-14-8-9-14/h14,17H,4-12H2,1-3H3. The summed E-state index contributed by atoms with van der Waals surface area (Å²) < 4.78 is 0. The molecule has 18 heavy (non-hydrogen) atoms. The molecule has 1 rings (SSSR count). The number of nitrogens with zero attached hydrogens (tertiary/aromatic N) is 2. The lowest BCUT2D eigenvalue weighted by Crippen LogP contribution is -2.43. The summed E-state index contributed by atoms with van der Waals surface area (Å²) in [6.45, 7) is 9.96. The van der Waals surface area contributed by atoms with E-state index in [1.54, 1.807) is 0 Å². The molecular formula is C15H29N3. The maximum Gasteiger partial charge on any atom is 0.104 e. The minimum atomic E-state index is -0.314. The van der Waals surface area contributed by atoms with Gasteiger partial charge >= 0.3 is 0 Å². The normalized spacial score (nSPS) is 18.6. The molecule has 0 heterocycles. The lowest BCUT2D eigenvalue weighted by atomic mass is 9.97. The number of unbranched alkanes of at least 4 members (excludes halogenated alkanes) is 1. The summed E-state index contributed by atoms with van der Waals surface area (Å²) >= 11 is 0. The van der Waals surface area contributed by atoms with E-state index in [1.807, 2.05) is 6.92 Å². The monoisotopic (exact) mass is 251 g/mol. The Kier molecular flexibility index (Phi) is 6.67. The minimum Gasteiger partial charge on any atom is -0.304 e. The molecule has 1 atom stereocenters. The molecule has 1 aliphatic rings. The zero-order valence-corrected chi connectivity index (χ0v) is 12.3. The average molecular weight is 251 g/mol. The van der Waals surface area contributed by atoms with Crippen LogP contribution in [-0.2, 0) is 0 Å². The van der Waals surface area contributed by atoms with Gasteiger partial charge in [-0.3, -0.25) is 5.32 Å². The number of rotatable bonds is 10. The quantitative estimate of drug-likeness (QED) is 0.649. The van der Waals surface area contributed by atoms with Crippen molar-refractivity contribution in [1.82, 2.24) is 10.2 Å². The van der Waals surface area contributed by atoms with Crippen molar-refractivity contribution in [2.24, 2.45) is 0 Å². The summed E-state index contributed by atoms with van der Waals surface area (Å²) in [5.41, 5.74) is -0.314. The van der Waals surface area contributed by atoms with Gasteiger partial charge < -0.3 is 4.90 Å². The Hall–Kier alpha value is -0.590. The van der Waals surface area contributed by atoms with Crippen molar-refractivity contribution in [2.75, 3.05) is 19.6 Å². The first-order chi connectivity index (χ1) is 8.63. The molecule has 0 aliphatic heterocycles. The van der Waals surface area contributed by atoms with Crippen LogP contribution >= 0.6 is 0 Å². The fraction of sp³-hybridized carbons (Fsp3) is 0.933. The second-order valence-corrected chi connectivity index (χ2v) is 5.75. The summed E-state index contributed by atoms with van der Waals surface area (Å²) in [5, 5.41) is 12.8. The summed E-state index contributed by atoms with van der Waals surface area (Å²) in [6.07, 6.45) is 7.10. The Morgan fingerprint density at radius 2 is 1.94 bits per heavy atom. The minimum absolute atomic E-state index is 0.314. The maximum atomic E-state index is 9.30. The summed E-state index contributed by atoms with van der Waals surface area (Å²) in [5.74, 6) is 0. The molecule has 0 saturated heterocycles. The highest BCUT2D eigenvalue weighted by Gasteiger charge is 2.31. The van der Waals surface area contributed by atoms with Crippen molar-refractivity contribution in [1.29, 1.82) is 5.26 Å². The zero-order valence-electron chi connectivity index (χ0n) is 12.3. The molecule has 3 nitrogen and oxygen atoms in total. The number of hydrogen-bond donors (Lipinski definition) is 1. The van der Waals surface area contributed by atoms with E-state index in [4.69, 9.17) is 0 Å². The molecule has 1 fully saturated rings. The van der Waals surface area contributed by atoms with Gasteiger partial charge in [-0.05, 0) is 58.7 Å². The van der Waals surface area contributed by atoms with Crippen molar-refractivity contribution in [2.45, 2.75) is 70.9 Å². The Labute approximate surface area is 113 Å². The molecule has 0 aromatic carbocycles. The third-order valence-corrected chi connectivity index (χ3v) is 3.77. The lowest BCUT2D eigenvalue weighted by molar-refractivity contribution is 0.264. The van der Waals surface area contributed by atoms with Gasteiger partial charge in [-0.25, -0.2) is 0 Å².